The zero-order chi connectivity index (χ0) is 17.5. The maximum absolute atomic E-state index is 5.89. The Morgan fingerprint density at radius 2 is 1.76 bits per heavy atom. The van der Waals surface area contributed by atoms with Gasteiger partial charge in [-0.15, -0.1) is 0 Å². The number of aromatic nitrogens is 2. The first-order valence-electron chi connectivity index (χ1n) is 8.15. The molecule has 1 aromatic heterocycles. The van der Waals surface area contributed by atoms with Gasteiger partial charge in [-0.2, -0.15) is 0 Å². The highest BCUT2D eigenvalue weighted by Crippen LogP contribution is 2.30. The molecule has 1 atom stereocenters. The lowest BCUT2D eigenvalue weighted by molar-refractivity contribution is 0.379. The molecule has 0 saturated carbocycles. The fourth-order valence-corrected chi connectivity index (χ4v) is 2.42. The first-order chi connectivity index (χ1) is 12.3. The van der Waals surface area contributed by atoms with Crippen LogP contribution in [-0.2, 0) is 6.54 Å². The zero-order valence-corrected chi connectivity index (χ0v) is 14.3. The highest BCUT2D eigenvalue weighted by molar-refractivity contribution is 5.43. The molecule has 0 aliphatic carbocycles. The van der Waals surface area contributed by atoms with Crippen molar-refractivity contribution in [2.45, 2.75) is 19.5 Å². The summed E-state index contributed by atoms with van der Waals surface area (Å²) in [4.78, 5) is 8.41. The molecular weight excluding hydrogens is 314 g/mol. The lowest BCUT2D eigenvalue weighted by Gasteiger charge is -2.13. The number of nitrogens with zero attached hydrogens (tertiary/aromatic N) is 2. The number of para-hydroxylation sites is 2. The van der Waals surface area contributed by atoms with Gasteiger partial charge < -0.3 is 14.8 Å². The zero-order valence-electron chi connectivity index (χ0n) is 14.3. The molecule has 0 aliphatic heterocycles. The van der Waals surface area contributed by atoms with Crippen molar-refractivity contribution in [1.82, 2.24) is 15.3 Å². The summed E-state index contributed by atoms with van der Waals surface area (Å²) in [6.45, 7) is 2.82. The van der Waals surface area contributed by atoms with Crippen molar-refractivity contribution in [2.75, 3.05) is 7.11 Å². The van der Waals surface area contributed by atoms with Crippen LogP contribution in [0.2, 0.25) is 0 Å². The van der Waals surface area contributed by atoms with Crippen LogP contribution in [0.1, 0.15) is 24.2 Å². The van der Waals surface area contributed by atoms with Gasteiger partial charge in [-0.3, -0.25) is 9.97 Å². The number of ether oxygens (including phenoxy) is 2. The number of benzene rings is 2. The third-order valence-corrected chi connectivity index (χ3v) is 3.86. The molecule has 0 spiro atoms. The van der Waals surface area contributed by atoms with Gasteiger partial charge in [0.25, 0.3) is 0 Å². The average molecular weight is 335 g/mol. The van der Waals surface area contributed by atoms with Crippen LogP contribution in [0.15, 0.2) is 67.1 Å². The molecule has 3 aromatic rings. The van der Waals surface area contributed by atoms with Crippen molar-refractivity contribution in [2.24, 2.45) is 0 Å². The highest BCUT2D eigenvalue weighted by Gasteiger charge is 2.07. The molecule has 128 valence electrons. The van der Waals surface area contributed by atoms with Gasteiger partial charge in [0.1, 0.15) is 5.75 Å². The largest absolute Gasteiger partial charge is 0.493 e. The molecule has 0 saturated heterocycles. The third kappa shape index (κ3) is 4.55. The summed E-state index contributed by atoms with van der Waals surface area (Å²) in [6.07, 6.45) is 5.16. The topological polar surface area (TPSA) is 56.3 Å². The quantitative estimate of drug-likeness (QED) is 0.703. The normalized spacial score (nSPS) is 11.8. The van der Waals surface area contributed by atoms with Crippen molar-refractivity contribution in [3.8, 4) is 17.2 Å². The van der Waals surface area contributed by atoms with E-state index in [0.717, 1.165) is 18.0 Å². The monoisotopic (exact) mass is 335 g/mol. The Balaban J connectivity index is 1.59. The molecule has 2 aromatic carbocycles. The highest BCUT2D eigenvalue weighted by atomic mass is 16.5. The lowest BCUT2D eigenvalue weighted by Crippen LogP contribution is -2.19. The van der Waals surface area contributed by atoms with Gasteiger partial charge >= 0.3 is 0 Å². The van der Waals surface area contributed by atoms with E-state index in [1.165, 1.54) is 5.56 Å². The molecule has 5 heteroatoms. The fraction of sp³-hybridized carbons (Fsp3) is 0.200. The molecule has 0 amide bonds. The van der Waals surface area contributed by atoms with Gasteiger partial charge in [0.2, 0.25) is 0 Å². The Morgan fingerprint density at radius 1 is 1.00 bits per heavy atom. The first-order valence-corrected chi connectivity index (χ1v) is 8.15. The van der Waals surface area contributed by atoms with Crippen LogP contribution in [0.5, 0.6) is 17.2 Å². The molecule has 3 rings (SSSR count). The second kappa shape index (κ2) is 8.26. The van der Waals surface area contributed by atoms with Crippen molar-refractivity contribution in [1.29, 1.82) is 0 Å². The van der Waals surface area contributed by atoms with Crippen molar-refractivity contribution < 1.29 is 9.47 Å². The number of methoxy groups -OCH3 is 1. The standard InChI is InChI=1S/C20H21N3O2/c1-15(18-14-21-11-12-22-18)23-13-16-7-9-17(10-8-16)25-20-6-4-3-5-19(20)24-2/h3-12,14-15,23H,13H2,1-2H3/t15-/m0/s1. The molecule has 1 N–H and O–H groups in total. The summed E-state index contributed by atoms with van der Waals surface area (Å²) in [5.41, 5.74) is 2.10. The number of rotatable bonds is 7. The maximum atomic E-state index is 5.89. The minimum absolute atomic E-state index is 0.137. The molecule has 0 unspecified atom stereocenters. The lowest BCUT2D eigenvalue weighted by atomic mass is 10.2. The van der Waals surface area contributed by atoms with Crippen LogP contribution < -0.4 is 14.8 Å². The van der Waals surface area contributed by atoms with Gasteiger partial charge in [-0.1, -0.05) is 24.3 Å². The van der Waals surface area contributed by atoms with E-state index < -0.39 is 0 Å². The van der Waals surface area contributed by atoms with Gasteiger partial charge in [-0.25, -0.2) is 0 Å². The van der Waals surface area contributed by atoms with Gasteiger partial charge in [0.05, 0.1) is 12.8 Å². The second-order valence-corrected chi connectivity index (χ2v) is 5.63. The number of hydrogen-bond acceptors (Lipinski definition) is 5. The molecule has 0 fully saturated rings. The minimum Gasteiger partial charge on any atom is -0.493 e. The Hall–Kier alpha value is -2.92. The Kier molecular flexibility index (Phi) is 5.59. The summed E-state index contributed by atoms with van der Waals surface area (Å²) in [7, 11) is 1.63. The van der Waals surface area contributed by atoms with Gasteiger partial charge in [-0.05, 0) is 36.8 Å². The predicted molar refractivity (Wildman–Crippen MR) is 96.8 cm³/mol. The first kappa shape index (κ1) is 16.9. The van der Waals surface area contributed by atoms with Crippen LogP contribution in [-0.4, -0.2) is 17.1 Å². The van der Waals surface area contributed by atoms with Crippen molar-refractivity contribution >= 4 is 0 Å². The van der Waals surface area contributed by atoms with Crippen molar-refractivity contribution in [3.63, 3.8) is 0 Å². The summed E-state index contributed by atoms with van der Waals surface area (Å²) in [5.74, 6) is 2.19. The van der Waals surface area contributed by atoms with Crippen LogP contribution in [0.4, 0.5) is 0 Å². The van der Waals surface area contributed by atoms with E-state index in [9.17, 15) is 0 Å². The fourth-order valence-electron chi connectivity index (χ4n) is 2.42. The molecule has 0 aliphatic rings. The SMILES string of the molecule is COc1ccccc1Oc1ccc(CN[C@@H](C)c2cnccn2)cc1. The van der Waals surface area contributed by atoms with Crippen LogP contribution in [0.3, 0.4) is 0 Å². The summed E-state index contributed by atoms with van der Waals surface area (Å²) < 4.78 is 11.2. The molecule has 0 radical (unpaired) electrons. The smallest absolute Gasteiger partial charge is 0.169 e. The third-order valence-electron chi connectivity index (χ3n) is 3.86. The van der Waals surface area contributed by atoms with E-state index in [4.69, 9.17) is 9.47 Å². The number of nitrogens with one attached hydrogen (secondary N) is 1. The molecule has 1 heterocycles. The average Bonchev–Trinajstić information content (AvgIpc) is 2.68. The van der Waals surface area contributed by atoms with Crippen LogP contribution in [0, 0.1) is 0 Å². The van der Waals surface area contributed by atoms with Crippen LogP contribution in [0.25, 0.3) is 0 Å². The predicted octanol–water partition coefficient (Wildman–Crippen LogP) is 4.13. The van der Waals surface area contributed by atoms with E-state index in [2.05, 4.69) is 22.2 Å². The van der Waals surface area contributed by atoms with E-state index >= 15 is 0 Å². The summed E-state index contributed by atoms with van der Waals surface area (Å²) in [5, 5.41) is 3.44. The Morgan fingerprint density at radius 3 is 2.44 bits per heavy atom. The maximum Gasteiger partial charge on any atom is 0.169 e. The Bertz CT molecular complexity index is 792. The summed E-state index contributed by atoms with van der Waals surface area (Å²) in [6, 6.07) is 15.7. The van der Waals surface area contributed by atoms with E-state index in [-0.39, 0.29) is 6.04 Å². The van der Waals surface area contributed by atoms with Crippen LogP contribution >= 0.6 is 0 Å². The molecule has 0 bridgehead atoms. The van der Waals surface area contributed by atoms with E-state index in [1.54, 1.807) is 25.7 Å². The number of hydrogen-bond donors (Lipinski definition) is 1. The minimum atomic E-state index is 0.137. The molecular formula is C20H21N3O2. The van der Waals surface area contributed by atoms with Gasteiger partial charge in [0, 0.05) is 31.2 Å². The van der Waals surface area contributed by atoms with Gasteiger partial charge in [0.15, 0.2) is 11.5 Å². The summed E-state index contributed by atoms with van der Waals surface area (Å²) >= 11 is 0. The van der Waals surface area contributed by atoms with E-state index in [1.807, 2.05) is 48.5 Å². The molecule has 5 nitrogen and oxygen atoms in total. The second-order valence-electron chi connectivity index (χ2n) is 5.63. The Labute approximate surface area is 147 Å². The van der Waals surface area contributed by atoms with Crippen molar-refractivity contribution in [3.05, 3.63) is 78.4 Å². The molecule has 25 heavy (non-hydrogen) atoms. The van der Waals surface area contributed by atoms with E-state index in [0.29, 0.717) is 11.5 Å².